The van der Waals surface area contributed by atoms with Crippen LogP contribution < -0.4 is 10.2 Å². The molecular formula is C16H17ClFN3O4. The van der Waals surface area contributed by atoms with E-state index in [1.54, 1.807) is 6.07 Å². The first-order valence-corrected chi connectivity index (χ1v) is 8.26. The normalized spacial score (nSPS) is 23.2. The van der Waals surface area contributed by atoms with Gasteiger partial charge in [-0.2, -0.15) is 0 Å². The number of hydrogen-bond donors (Lipinski definition) is 2. The summed E-state index contributed by atoms with van der Waals surface area (Å²) in [7, 11) is 0. The van der Waals surface area contributed by atoms with Gasteiger partial charge in [0.15, 0.2) is 0 Å². The number of urea groups is 1. The molecule has 0 bridgehead atoms. The molecule has 0 aromatic heterocycles. The Morgan fingerprint density at radius 2 is 2.08 bits per heavy atom. The molecule has 9 heteroatoms. The number of hydrogen-bond acceptors (Lipinski definition) is 3. The number of amides is 3. The van der Waals surface area contributed by atoms with E-state index in [1.807, 2.05) is 0 Å². The second-order valence-corrected chi connectivity index (χ2v) is 6.63. The molecule has 0 radical (unpaired) electrons. The van der Waals surface area contributed by atoms with Gasteiger partial charge in [-0.25, -0.2) is 9.18 Å². The Bertz CT molecular complexity index is 729. The number of nitrogens with zero attached hydrogens (tertiary/aromatic N) is 2. The monoisotopic (exact) mass is 369 g/mol. The first-order valence-electron chi connectivity index (χ1n) is 7.89. The molecule has 2 aliphatic heterocycles. The number of carbonyl (C=O) groups is 3. The SMILES string of the molecule is O=C(O)C1CCN(C(=O)NC2CC(=O)N(c3ccc(Cl)c(F)c3)C2)C1. The Kier molecular flexibility index (Phi) is 4.80. The number of nitrogens with one attached hydrogen (secondary N) is 1. The summed E-state index contributed by atoms with van der Waals surface area (Å²) in [6, 6.07) is 3.31. The zero-order chi connectivity index (χ0) is 18.1. The van der Waals surface area contributed by atoms with Gasteiger partial charge in [0, 0.05) is 31.7 Å². The van der Waals surface area contributed by atoms with Crippen molar-refractivity contribution in [3.05, 3.63) is 29.0 Å². The fourth-order valence-corrected chi connectivity index (χ4v) is 3.24. The van der Waals surface area contributed by atoms with Crippen molar-refractivity contribution < 1.29 is 23.9 Å². The molecule has 25 heavy (non-hydrogen) atoms. The van der Waals surface area contributed by atoms with Gasteiger partial charge >= 0.3 is 12.0 Å². The molecule has 2 unspecified atom stereocenters. The van der Waals surface area contributed by atoms with Crippen molar-refractivity contribution in [1.29, 1.82) is 0 Å². The molecule has 1 aromatic rings. The Balaban J connectivity index is 1.60. The van der Waals surface area contributed by atoms with E-state index in [1.165, 1.54) is 21.9 Å². The topological polar surface area (TPSA) is 90.0 Å². The maximum atomic E-state index is 13.6. The third-order valence-corrected chi connectivity index (χ3v) is 4.80. The van der Waals surface area contributed by atoms with Crippen molar-refractivity contribution in [1.82, 2.24) is 10.2 Å². The molecule has 2 fully saturated rings. The van der Waals surface area contributed by atoms with Crippen LogP contribution in [0.15, 0.2) is 18.2 Å². The molecule has 0 spiro atoms. The van der Waals surface area contributed by atoms with Crippen molar-refractivity contribution in [2.24, 2.45) is 5.92 Å². The van der Waals surface area contributed by atoms with Gasteiger partial charge in [-0.3, -0.25) is 9.59 Å². The standard InChI is InChI=1S/C16H17ClFN3O4/c17-12-2-1-11(6-13(12)18)21-8-10(5-14(21)22)19-16(25)20-4-3-9(7-20)15(23)24/h1-2,6,9-10H,3-5,7-8H2,(H,19,25)(H,23,24). The molecule has 1 aromatic carbocycles. The van der Waals surface area contributed by atoms with Gasteiger partial charge < -0.3 is 20.2 Å². The summed E-state index contributed by atoms with van der Waals surface area (Å²) in [5.41, 5.74) is 0.385. The lowest BCUT2D eigenvalue weighted by Crippen LogP contribution is -2.45. The predicted octanol–water partition coefficient (Wildman–Crippen LogP) is 1.70. The van der Waals surface area contributed by atoms with Crippen molar-refractivity contribution in [2.75, 3.05) is 24.5 Å². The largest absolute Gasteiger partial charge is 0.481 e. The zero-order valence-electron chi connectivity index (χ0n) is 13.2. The highest BCUT2D eigenvalue weighted by Crippen LogP contribution is 2.26. The Morgan fingerprint density at radius 1 is 1.32 bits per heavy atom. The van der Waals surface area contributed by atoms with Crippen LogP contribution in [0.25, 0.3) is 0 Å². The van der Waals surface area contributed by atoms with Gasteiger partial charge in [-0.05, 0) is 24.6 Å². The van der Waals surface area contributed by atoms with Crippen LogP contribution in [0.1, 0.15) is 12.8 Å². The summed E-state index contributed by atoms with van der Waals surface area (Å²) < 4.78 is 13.6. The minimum absolute atomic E-state index is 0.0257. The number of halogens is 2. The number of benzene rings is 1. The van der Waals surface area contributed by atoms with Crippen molar-refractivity contribution in [3.63, 3.8) is 0 Å². The minimum atomic E-state index is -0.915. The highest BCUT2D eigenvalue weighted by molar-refractivity contribution is 6.30. The molecule has 2 atom stereocenters. The zero-order valence-corrected chi connectivity index (χ0v) is 14.0. The van der Waals surface area contributed by atoms with E-state index in [9.17, 15) is 18.8 Å². The van der Waals surface area contributed by atoms with Crippen LogP contribution in [0.5, 0.6) is 0 Å². The lowest BCUT2D eigenvalue weighted by Gasteiger charge is -2.21. The van der Waals surface area contributed by atoms with E-state index in [4.69, 9.17) is 16.7 Å². The molecule has 3 amide bonds. The van der Waals surface area contributed by atoms with E-state index >= 15 is 0 Å². The third kappa shape index (κ3) is 3.68. The minimum Gasteiger partial charge on any atom is -0.481 e. The number of anilines is 1. The van der Waals surface area contributed by atoms with Crippen LogP contribution in [0.2, 0.25) is 5.02 Å². The van der Waals surface area contributed by atoms with E-state index in [0.717, 1.165) is 0 Å². The van der Waals surface area contributed by atoms with E-state index < -0.39 is 23.7 Å². The smallest absolute Gasteiger partial charge is 0.317 e. The predicted molar refractivity (Wildman–Crippen MR) is 88.0 cm³/mol. The average molecular weight is 370 g/mol. The second-order valence-electron chi connectivity index (χ2n) is 6.22. The third-order valence-electron chi connectivity index (χ3n) is 4.49. The highest BCUT2D eigenvalue weighted by Gasteiger charge is 2.35. The molecule has 7 nitrogen and oxygen atoms in total. The van der Waals surface area contributed by atoms with Crippen molar-refractivity contribution >= 4 is 35.2 Å². The van der Waals surface area contributed by atoms with Gasteiger partial charge in [0.25, 0.3) is 0 Å². The summed E-state index contributed by atoms with van der Waals surface area (Å²) in [4.78, 5) is 38.2. The molecular weight excluding hydrogens is 353 g/mol. The summed E-state index contributed by atoms with van der Waals surface area (Å²) in [5.74, 6) is -2.31. The number of likely N-dealkylation sites (tertiary alicyclic amines) is 1. The van der Waals surface area contributed by atoms with Gasteiger partial charge in [0.1, 0.15) is 5.82 Å². The summed E-state index contributed by atoms with van der Waals surface area (Å²) in [5, 5.41) is 11.7. The Labute approximate surface area is 148 Å². The number of rotatable bonds is 3. The number of carbonyl (C=O) groups excluding carboxylic acids is 2. The van der Waals surface area contributed by atoms with Crippen LogP contribution in [-0.2, 0) is 9.59 Å². The molecule has 0 saturated carbocycles. The Hall–Kier alpha value is -2.35. The summed E-state index contributed by atoms with van der Waals surface area (Å²) in [6.07, 6.45) is 0.523. The van der Waals surface area contributed by atoms with Gasteiger partial charge in [-0.15, -0.1) is 0 Å². The van der Waals surface area contributed by atoms with Crippen LogP contribution in [-0.4, -0.2) is 53.6 Å². The Morgan fingerprint density at radius 3 is 2.72 bits per heavy atom. The van der Waals surface area contributed by atoms with Gasteiger partial charge in [0.05, 0.1) is 17.0 Å². The quantitative estimate of drug-likeness (QED) is 0.848. The fraction of sp³-hybridized carbons (Fsp3) is 0.438. The summed E-state index contributed by atoms with van der Waals surface area (Å²) >= 11 is 5.65. The first kappa shape index (κ1) is 17.5. The average Bonchev–Trinajstić information content (AvgIpc) is 3.17. The highest BCUT2D eigenvalue weighted by atomic mass is 35.5. The van der Waals surface area contributed by atoms with Crippen LogP contribution in [0.3, 0.4) is 0 Å². The fourth-order valence-electron chi connectivity index (χ4n) is 3.12. The van der Waals surface area contributed by atoms with E-state index in [2.05, 4.69) is 5.32 Å². The molecule has 2 heterocycles. The molecule has 3 rings (SSSR count). The number of aliphatic carboxylic acids is 1. The van der Waals surface area contributed by atoms with Crippen LogP contribution in [0.4, 0.5) is 14.9 Å². The lowest BCUT2D eigenvalue weighted by atomic mass is 10.1. The second kappa shape index (κ2) is 6.87. The lowest BCUT2D eigenvalue weighted by molar-refractivity contribution is -0.141. The maximum absolute atomic E-state index is 13.6. The molecule has 134 valence electrons. The number of carboxylic acids is 1. The van der Waals surface area contributed by atoms with Gasteiger partial charge in [0.2, 0.25) is 5.91 Å². The van der Waals surface area contributed by atoms with Crippen LogP contribution in [0, 0.1) is 11.7 Å². The summed E-state index contributed by atoms with van der Waals surface area (Å²) in [6.45, 7) is 0.755. The van der Waals surface area contributed by atoms with Crippen molar-refractivity contribution in [3.8, 4) is 0 Å². The molecule has 0 aliphatic carbocycles. The molecule has 2 saturated heterocycles. The molecule has 2 N–H and O–H groups in total. The molecule has 2 aliphatic rings. The van der Waals surface area contributed by atoms with E-state index in [-0.39, 0.29) is 36.5 Å². The van der Waals surface area contributed by atoms with Crippen molar-refractivity contribution in [2.45, 2.75) is 18.9 Å². The van der Waals surface area contributed by atoms with Crippen LogP contribution >= 0.6 is 11.6 Å². The van der Waals surface area contributed by atoms with Gasteiger partial charge in [-0.1, -0.05) is 11.6 Å². The van der Waals surface area contributed by atoms with E-state index in [0.29, 0.717) is 18.7 Å². The first-order chi connectivity index (χ1) is 11.8. The maximum Gasteiger partial charge on any atom is 0.317 e. The number of carboxylic acid groups (broad SMARTS) is 1.